The Hall–Kier alpha value is -1.16. The Bertz CT molecular complexity index is 530. The van der Waals surface area contributed by atoms with Crippen molar-refractivity contribution in [1.29, 1.82) is 0 Å². The van der Waals surface area contributed by atoms with E-state index in [1.54, 1.807) is 11.3 Å². The van der Waals surface area contributed by atoms with Crippen molar-refractivity contribution in [2.24, 2.45) is 0 Å². The van der Waals surface area contributed by atoms with Crippen LogP contribution in [0.5, 0.6) is 0 Å². The molecule has 0 aliphatic heterocycles. The van der Waals surface area contributed by atoms with Crippen LogP contribution in [0.25, 0.3) is 0 Å². The van der Waals surface area contributed by atoms with E-state index < -0.39 is 6.10 Å². The fourth-order valence-corrected chi connectivity index (χ4v) is 2.99. The molecule has 0 aliphatic rings. The fraction of sp³-hybridized carbons (Fsp3) is 0.412. The highest BCUT2D eigenvalue weighted by molar-refractivity contribution is 7.11. The molecule has 1 aromatic carbocycles. The summed E-state index contributed by atoms with van der Waals surface area (Å²) in [6, 6.07) is 12.5. The summed E-state index contributed by atoms with van der Waals surface area (Å²) < 4.78 is 0. The lowest BCUT2D eigenvalue weighted by Crippen LogP contribution is -2.20. The van der Waals surface area contributed by atoms with Gasteiger partial charge >= 0.3 is 0 Å². The summed E-state index contributed by atoms with van der Waals surface area (Å²) in [4.78, 5) is 2.64. The maximum Gasteiger partial charge on any atom is 0.0914 e. The van der Waals surface area contributed by atoms with E-state index in [2.05, 4.69) is 50.4 Å². The quantitative estimate of drug-likeness (QED) is 0.842. The second kappa shape index (κ2) is 7.02. The highest BCUT2D eigenvalue weighted by Crippen LogP contribution is 2.19. The van der Waals surface area contributed by atoms with Crippen LogP contribution in [-0.2, 0) is 6.54 Å². The third kappa shape index (κ3) is 4.17. The van der Waals surface area contributed by atoms with Gasteiger partial charge in [-0.2, -0.15) is 0 Å². The highest BCUT2D eigenvalue weighted by Gasteiger charge is 2.08. The third-order valence-corrected chi connectivity index (χ3v) is 4.42. The van der Waals surface area contributed by atoms with Crippen LogP contribution in [-0.4, -0.2) is 11.7 Å². The molecule has 3 heteroatoms. The number of aliphatic hydroxyl groups is 1. The number of aliphatic hydroxyl groups excluding tert-OH is 1. The zero-order valence-corrected chi connectivity index (χ0v) is 13.2. The van der Waals surface area contributed by atoms with Crippen LogP contribution in [0.4, 0.5) is 0 Å². The topological polar surface area (TPSA) is 32.3 Å². The Morgan fingerprint density at radius 2 is 1.70 bits per heavy atom. The van der Waals surface area contributed by atoms with Crippen molar-refractivity contribution in [3.8, 4) is 0 Å². The molecule has 1 heterocycles. The maximum absolute atomic E-state index is 10.2. The minimum atomic E-state index is -0.447. The van der Waals surface area contributed by atoms with E-state index >= 15 is 0 Å². The molecule has 0 spiro atoms. The first kappa shape index (κ1) is 15.2. The van der Waals surface area contributed by atoms with Crippen molar-refractivity contribution in [2.45, 2.75) is 39.3 Å². The van der Waals surface area contributed by atoms with E-state index in [-0.39, 0.29) is 0 Å². The van der Waals surface area contributed by atoms with Gasteiger partial charge in [0.15, 0.2) is 0 Å². The Kier molecular flexibility index (Phi) is 5.35. The van der Waals surface area contributed by atoms with E-state index in [0.29, 0.717) is 12.5 Å². The molecule has 0 fully saturated rings. The molecule has 0 amide bonds. The smallest absolute Gasteiger partial charge is 0.0914 e. The molecule has 20 heavy (non-hydrogen) atoms. The number of hydrogen-bond acceptors (Lipinski definition) is 3. The molecule has 2 aromatic rings. The predicted molar refractivity (Wildman–Crippen MR) is 86.3 cm³/mol. The largest absolute Gasteiger partial charge is 0.387 e. The summed E-state index contributed by atoms with van der Waals surface area (Å²) in [6.07, 6.45) is -0.447. The van der Waals surface area contributed by atoms with Crippen molar-refractivity contribution in [3.05, 3.63) is 57.3 Å². The van der Waals surface area contributed by atoms with Gasteiger partial charge in [0.25, 0.3) is 0 Å². The van der Waals surface area contributed by atoms with E-state index in [4.69, 9.17) is 0 Å². The second-order valence-corrected chi connectivity index (χ2v) is 6.85. The zero-order valence-electron chi connectivity index (χ0n) is 12.4. The van der Waals surface area contributed by atoms with Gasteiger partial charge < -0.3 is 10.4 Å². The van der Waals surface area contributed by atoms with Gasteiger partial charge in [-0.3, -0.25) is 0 Å². The molecular formula is C17H23NOS. The highest BCUT2D eigenvalue weighted by atomic mass is 32.1. The summed E-state index contributed by atoms with van der Waals surface area (Å²) in [5.74, 6) is 0.529. The van der Waals surface area contributed by atoms with Crippen LogP contribution in [0.3, 0.4) is 0 Å². The number of hydrogen-bond donors (Lipinski definition) is 2. The van der Waals surface area contributed by atoms with E-state index in [0.717, 1.165) is 12.1 Å². The Labute approximate surface area is 125 Å². The van der Waals surface area contributed by atoms with Gasteiger partial charge in [0, 0.05) is 22.8 Å². The molecule has 1 atom stereocenters. The van der Waals surface area contributed by atoms with Gasteiger partial charge in [-0.1, -0.05) is 38.1 Å². The van der Waals surface area contributed by atoms with E-state index in [1.165, 1.54) is 15.3 Å². The Morgan fingerprint density at radius 3 is 2.25 bits per heavy atom. The van der Waals surface area contributed by atoms with Crippen LogP contribution in [0.15, 0.2) is 36.4 Å². The average Bonchev–Trinajstić information content (AvgIpc) is 2.84. The van der Waals surface area contributed by atoms with Gasteiger partial charge in [0.05, 0.1) is 6.10 Å². The summed E-state index contributed by atoms with van der Waals surface area (Å²) >= 11 is 1.80. The number of nitrogens with one attached hydrogen (secondary N) is 1. The lowest BCUT2D eigenvalue weighted by atomic mass is 10.00. The van der Waals surface area contributed by atoms with Crippen LogP contribution in [0.2, 0.25) is 0 Å². The second-order valence-electron chi connectivity index (χ2n) is 5.48. The minimum Gasteiger partial charge on any atom is -0.387 e. The molecule has 0 saturated heterocycles. The summed E-state index contributed by atoms with van der Waals surface area (Å²) in [5, 5.41) is 13.5. The summed E-state index contributed by atoms with van der Waals surface area (Å²) in [5.41, 5.74) is 2.28. The molecule has 2 rings (SSSR count). The number of aryl methyl sites for hydroxylation is 1. The lowest BCUT2D eigenvalue weighted by Gasteiger charge is -2.13. The monoisotopic (exact) mass is 289 g/mol. The Balaban J connectivity index is 1.83. The van der Waals surface area contributed by atoms with Crippen LogP contribution in [0, 0.1) is 6.92 Å². The van der Waals surface area contributed by atoms with Crippen molar-refractivity contribution in [1.82, 2.24) is 5.32 Å². The molecule has 0 bridgehead atoms. The van der Waals surface area contributed by atoms with Crippen molar-refractivity contribution in [2.75, 3.05) is 6.54 Å². The molecule has 0 aliphatic carbocycles. The van der Waals surface area contributed by atoms with Crippen molar-refractivity contribution < 1.29 is 5.11 Å². The van der Waals surface area contributed by atoms with Crippen LogP contribution in [0.1, 0.15) is 46.8 Å². The molecule has 108 valence electrons. The Morgan fingerprint density at radius 1 is 1.05 bits per heavy atom. The van der Waals surface area contributed by atoms with Crippen molar-refractivity contribution in [3.63, 3.8) is 0 Å². The molecule has 0 radical (unpaired) electrons. The first-order valence-corrected chi connectivity index (χ1v) is 7.92. The normalized spacial score (nSPS) is 12.8. The zero-order chi connectivity index (χ0) is 14.5. The van der Waals surface area contributed by atoms with Crippen LogP contribution < -0.4 is 5.32 Å². The number of thiophene rings is 1. The summed E-state index contributed by atoms with van der Waals surface area (Å²) in [6.45, 7) is 7.86. The lowest BCUT2D eigenvalue weighted by molar-refractivity contribution is 0.174. The van der Waals surface area contributed by atoms with Gasteiger partial charge in [-0.25, -0.2) is 0 Å². The number of rotatable bonds is 6. The van der Waals surface area contributed by atoms with Gasteiger partial charge in [-0.15, -0.1) is 11.3 Å². The average molecular weight is 289 g/mol. The van der Waals surface area contributed by atoms with Crippen LogP contribution >= 0.6 is 11.3 Å². The minimum absolute atomic E-state index is 0.447. The standard InChI is InChI=1S/C17H23NOS/c1-12(2)14-5-7-15(8-6-14)17(19)11-18-10-16-9-4-13(3)20-16/h4-9,12,17-19H,10-11H2,1-3H3. The molecule has 1 aromatic heterocycles. The SMILES string of the molecule is Cc1ccc(CNCC(O)c2ccc(C(C)C)cc2)s1. The van der Waals surface area contributed by atoms with E-state index in [9.17, 15) is 5.11 Å². The summed E-state index contributed by atoms with van der Waals surface area (Å²) in [7, 11) is 0. The molecule has 0 saturated carbocycles. The fourth-order valence-electron chi connectivity index (χ4n) is 2.13. The molecule has 2 nitrogen and oxygen atoms in total. The predicted octanol–water partition coefficient (Wildman–Crippen LogP) is 4.00. The third-order valence-electron chi connectivity index (χ3n) is 3.42. The van der Waals surface area contributed by atoms with Gasteiger partial charge in [-0.05, 0) is 36.1 Å². The number of benzene rings is 1. The molecular weight excluding hydrogens is 266 g/mol. The molecule has 1 unspecified atom stereocenters. The maximum atomic E-state index is 10.2. The molecule has 2 N–H and O–H groups in total. The van der Waals surface area contributed by atoms with Crippen molar-refractivity contribution >= 4 is 11.3 Å². The first-order valence-electron chi connectivity index (χ1n) is 7.10. The van der Waals surface area contributed by atoms with Gasteiger partial charge in [0.1, 0.15) is 0 Å². The first-order chi connectivity index (χ1) is 9.56. The van der Waals surface area contributed by atoms with Gasteiger partial charge in [0.2, 0.25) is 0 Å². The van der Waals surface area contributed by atoms with E-state index in [1.807, 2.05) is 12.1 Å².